The summed E-state index contributed by atoms with van der Waals surface area (Å²) in [6.45, 7) is 4.33. The van der Waals surface area contributed by atoms with E-state index in [1.165, 1.54) is 0 Å². The van der Waals surface area contributed by atoms with Gasteiger partial charge < -0.3 is 15.0 Å². The van der Waals surface area contributed by atoms with Gasteiger partial charge in [0.15, 0.2) is 0 Å². The van der Waals surface area contributed by atoms with E-state index in [1.54, 1.807) is 13.2 Å². The van der Waals surface area contributed by atoms with Gasteiger partial charge in [-0.25, -0.2) is 0 Å². The Kier molecular flexibility index (Phi) is 5.07. The molecule has 1 amide bonds. The summed E-state index contributed by atoms with van der Waals surface area (Å²) in [7, 11) is 1.58. The van der Waals surface area contributed by atoms with Gasteiger partial charge in [-0.05, 0) is 50.1 Å². The minimum atomic E-state index is -0.161. The molecular formula is C21H22N2O3. The van der Waals surface area contributed by atoms with Crippen LogP contribution in [0.4, 0.5) is 0 Å². The molecule has 0 aliphatic heterocycles. The number of fused-ring (bicyclic) bond motifs is 1. The largest absolute Gasteiger partial charge is 0.495 e. The first-order chi connectivity index (χ1) is 12.5. The first-order valence-electron chi connectivity index (χ1n) is 8.54. The maximum absolute atomic E-state index is 12.4. The van der Waals surface area contributed by atoms with E-state index in [9.17, 15) is 9.59 Å². The van der Waals surface area contributed by atoms with Crippen molar-refractivity contribution in [1.29, 1.82) is 0 Å². The lowest BCUT2D eigenvalue weighted by Crippen LogP contribution is -2.27. The van der Waals surface area contributed by atoms with Crippen LogP contribution in [-0.2, 0) is 6.42 Å². The van der Waals surface area contributed by atoms with Crippen LogP contribution in [-0.4, -0.2) is 24.5 Å². The van der Waals surface area contributed by atoms with Gasteiger partial charge in [0.2, 0.25) is 0 Å². The van der Waals surface area contributed by atoms with Crippen molar-refractivity contribution < 1.29 is 9.53 Å². The van der Waals surface area contributed by atoms with Gasteiger partial charge in [0.05, 0.1) is 12.6 Å². The molecule has 0 saturated heterocycles. The summed E-state index contributed by atoms with van der Waals surface area (Å²) in [5, 5.41) is 3.82. The molecule has 26 heavy (non-hydrogen) atoms. The number of hydrogen-bond acceptors (Lipinski definition) is 3. The van der Waals surface area contributed by atoms with E-state index in [4.69, 9.17) is 4.74 Å². The first kappa shape index (κ1) is 17.7. The van der Waals surface area contributed by atoms with E-state index >= 15 is 0 Å². The number of carbonyl (C=O) groups is 1. The molecule has 0 bridgehead atoms. The van der Waals surface area contributed by atoms with Crippen molar-refractivity contribution >= 4 is 16.8 Å². The molecule has 2 N–H and O–H groups in total. The Labute approximate surface area is 152 Å². The van der Waals surface area contributed by atoms with Crippen molar-refractivity contribution in [3.05, 3.63) is 75.1 Å². The lowest BCUT2D eigenvalue weighted by Gasteiger charge is -2.10. The van der Waals surface area contributed by atoms with Gasteiger partial charge in [-0.15, -0.1) is 0 Å². The molecule has 0 radical (unpaired) electrons. The third kappa shape index (κ3) is 3.61. The summed E-state index contributed by atoms with van der Waals surface area (Å²) >= 11 is 0. The standard InChI is InChI=1S/C21H22N2O3/c1-13-5-4-6-15(11-13)20(24)22-10-9-16-12-17-14(2)7-8-18(26-3)19(17)23-21(16)25/h4-8,11-12H,9-10H2,1-3H3,(H,22,24)(H,23,25). The van der Waals surface area contributed by atoms with Gasteiger partial charge >= 0.3 is 0 Å². The molecule has 0 atom stereocenters. The highest BCUT2D eigenvalue weighted by Gasteiger charge is 2.10. The molecule has 0 aliphatic rings. The van der Waals surface area contributed by atoms with Crippen molar-refractivity contribution in [2.24, 2.45) is 0 Å². The minimum absolute atomic E-state index is 0.135. The number of aryl methyl sites for hydroxylation is 2. The van der Waals surface area contributed by atoms with Crippen LogP contribution in [0, 0.1) is 13.8 Å². The van der Waals surface area contributed by atoms with Gasteiger partial charge in [-0.1, -0.05) is 23.8 Å². The topological polar surface area (TPSA) is 71.2 Å². The van der Waals surface area contributed by atoms with Crippen LogP contribution >= 0.6 is 0 Å². The monoisotopic (exact) mass is 350 g/mol. The van der Waals surface area contributed by atoms with Crippen LogP contribution in [0.1, 0.15) is 27.0 Å². The molecule has 0 aliphatic carbocycles. The fraction of sp³-hybridized carbons (Fsp3) is 0.238. The molecule has 0 saturated carbocycles. The second-order valence-corrected chi connectivity index (χ2v) is 6.37. The van der Waals surface area contributed by atoms with E-state index in [2.05, 4.69) is 10.3 Å². The van der Waals surface area contributed by atoms with Crippen molar-refractivity contribution in [2.75, 3.05) is 13.7 Å². The molecule has 0 spiro atoms. The normalized spacial score (nSPS) is 10.7. The second kappa shape index (κ2) is 7.44. The zero-order valence-corrected chi connectivity index (χ0v) is 15.2. The third-order valence-electron chi connectivity index (χ3n) is 4.45. The van der Waals surface area contributed by atoms with Crippen LogP contribution < -0.4 is 15.6 Å². The number of aromatic amines is 1. The Bertz CT molecular complexity index is 1020. The Hall–Kier alpha value is -3.08. The highest BCUT2D eigenvalue weighted by atomic mass is 16.5. The Balaban J connectivity index is 1.77. The lowest BCUT2D eigenvalue weighted by atomic mass is 10.1. The molecule has 1 heterocycles. The average molecular weight is 350 g/mol. The highest BCUT2D eigenvalue weighted by molar-refractivity contribution is 5.94. The molecule has 0 fully saturated rings. The Morgan fingerprint density at radius 3 is 2.69 bits per heavy atom. The molecule has 134 valence electrons. The van der Waals surface area contributed by atoms with Crippen LogP contribution in [0.25, 0.3) is 10.9 Å². The third-order valence-corrected chi connectivity index (χ3v) is 4.45. The predicted octanol–water partition coefficient (Wildman–Crippen LogP) is 3.13. The molecule has 5 nitrogen and oxygen atoms in total. The van der Waals surface area contributed by atoms with E-state index in [-0.39, 0.29) is 11.5 Å². The zero-order valence-electron chi connectivity index (χ0n) is 15.2. The van der Waals surface area contributed by atoms with Crippen molar-refractivity contribution in [3.63, 3.8) is 0 Å². The summed E-state index contributed by atoms with van der Waals surface area (Å²) in [5.74, 6) is 0.505. The van der Waals surface area contributed by atoms with Crippen LogP contribution in [0.3, 0.4) is 0 Å². The summed E-state index contributed by atoms with van der Waals surface area (Å²) in [6.07, 6.45) is 0.458. The van der Waals surface area contributed by atoms with Gasteiger partial charge in [-0.3, -0.25) is 9.59 Å². The first-order valence-corrected chi connectivity index (χ1v) is 8.54. The predicted molar refractivity (Wildman–Crippen MR) is 103 cm³/mol. The maximum Gasteiger partial charge on any atom is 0.251 e. The highest BCUT2D eigenvalue weighted by Crippen LogP contribution is 2.25. The molecule has 0 unspecified atom stereocenters. The zero-order chi connectivity index (χ0) is 18.7. The van der Waals surface area contributed by atoms with Crippen LogP contribution in [0.5, 0.6) is 5.75 Å². The molecular weight excluding hydrogens is 328 g/mol. The van der Waals surface area contributed by atoms with Crippen LogP contribution in [0.15, 0.2) is 47.3 Å². The maximum atomic E-state index is 12.4. The summed E-state index contributed by atoms with van der Waals surface area (Å²) in [4.78, 5) is 27.5. The summed E-state index contributed by atoms with van der Waals surface area (Å²) in [6, 6.07) is 13.1. The average Bonchev–Trinajstić information content (AvgIpc) is 2.63. The van der Waals surface area contributed by atoms with E-state index < -0.39 is 0 Å². The number of aromatic nitrogens is 1. The summed E-state index contributed by atoms with van der Waals surface area (Å²) in [5.41, 5.74) is 3.89. The lowest BCUT2D eigenvalue weighted by molar-refractivity contribution is 0.0954. The molecule has 3 rings (SSSR count). The number of H-pyrrole nitrogens is 1. The van der Waals surface area contributed by atoms with Crippen LogP contribution in [0.2, 0.25) is 0 Å². The summed E-state index contributed by atoms with van der Waals surface area (Å²) < 4.78 is 5.32. The number of amides is 1. The molecule has 1 aromatic heterocycles. The smallest absolute Gasteiger partial charge is 0.251 e. The van der Waals surface area contributed by atoms with Gasteiger partial charge in [-0.2, -0.15) is 0 Å². The second-order valence-electron chi connectivity index (χ2n) is 6.37. The van der Waals surface area contributed by atoms with E-state index in [0.29, 0.717) is 35.4 Å². The SMILES string of the molecule is COc1ccc(C)c2cc(CCNC(=O)c3cccc(C)c3)c(=O)[nH]c12. The Morgan fingerprint density at radius 2 is 1.96 bits per heavy atom. The number of hydrogen-bond donors (Lipinski definition) is 2. The van der Waals surface area contributed by atoms with Crippen molar-refractivity contribution in [1.82, 2.24) is 10.3 Å². The number of rotatable bonds is 5. The van der Waals surface area contributed by atoms with Gasteiger partial charge in [0.1, 0.15) is 5.75 Å². The number of benzene rings is 2. The van der Waals surface area contributed by atoms with Gasteiger partial charge in [0, 0.05) is 23.1 Å². The minimum Gasteiger partial charge on any atom is -0.495 e. The number of ether oxygens (including phenoxy) is 1. The fourth-order valence-corrected chi connectivity index (χ4v) is 3.01. The number of pyridine rings is 1. The van der Waals surface area contributed by atoms with E-state index in [1.807, 2.05) is 50.2 Å². The van der Waals surface area contributed by atoms with E-state index in [0.717, 1.165) is 16.5 Å². The Morgan fingerprint density at radius 1 is 1.15 bits per heavy atom. The number of nitrogens with one attached hydrogen (secondary N) is 2. The molecule has 5 heteroatoms. The molecule has 3 aromatic rings. The quantitative estimate of drug-likeness (QED) is 0.743. The molecule has 2 aromatic carbocycles. The van der Waals surface area contributed by atoms with Crippen molar-refractivity contribution in [3.8, 4) is 5.75 Å². The van der Waals surface area contributed by atoms with Crippen molar-refractivity contribution in [2.45, 2.75) is 20.3 Å². The number of carbonyl (C=O) groups excluding carboxylic acids is 1. The number of methoxy groups -OCH3 is 1. The fourth-order valence-electron chi connectivity index (χ4n) is 3.01. The van der Waals surface area contributed by atoms with Gasteiger partial charge in [0.25, 0.3) is 11.5 Å².